The molecule has 2 aliphatic rings. The van der Waals surface area contributed by atoms with Crippen molar-refractivity contribution in [1.29, 1.82) is 0 Å². The maximum atomic E-state index is 9.45. The van der Waals surface area contributed by atoms with Crippen molar-refractivity contribution in [2.75, 3.05) is 13.2 Å². The number of aliphatic hydroxyl groups is 2. The molecular weight excluding hydrogens is 164 g/mol. The van der Waals surface area contributed by atoms with E-state index in [-0.39, 0.29) is 24.0 Å². The van der Waals surface area contributed by atoms with E-state index < -0.39 is 0 Å². The first-order valence-corrected chi connectivity index (χ1v) is 4.87. The van der Waals surface area contributed by atoms with E-state index in [1.165, 1.54) is 0 Å². The molecule has 0 saturated heterocycles. The highest BCUT2D eigenvalue weighted by Gasteiger charge is 2.51. The average molecular weight is 180 g/mol. The number of fused-ring (bicyclic) bond motifs is 1. The van der Waals surface area contributed by atoms with Gasteiger partial charge in [0.05, 0.1) is 13.2 Å². The topological polar surface area (TPSA) is 40.5 Å². The summed E-state index contributed by atoms with van der Waals surface area (Å²) in [6.45, 7) is 0.294. The molecule has 2 heteroatoms. The highest BCUT2D eigenvalue weighted by atomic mass is 16.3. The third-order valence-corrected chi connectivity index (χ3v) is 3.74. The predicted octanol–water partition coefficient (Wildman–Crippen LogP) is 1.25. The summed E-state index contributed by atoms with van der Waals surface area (Å²) >= 11 is 0. The Kier molecular flexibility index (Phi) is 2.05. The molecule has 0 heterocycles. The van der Waals surface area contributed by atoms with Crippen LogP contribution in [-0.4, -0.2) is 23.4 Å². The summed E-state index contributed by atoms with van der Waals surface area (Å²) in [6.07, 6.45) is 11.2. The molecule has 0 radical (unpaired) electrons. The first-order valence-electron chi connectivity index (χ1n) is 4.87. The molecule has 0 aromatic rings. The van der Waals surface area contributed by atoms with Crippen molar-refractivity contribution in [1.82, 2.24) is 0 Å². The largest absolute Gasteiger partial charge is 0.395 e. The van der Waals surface area contributed by atoms with Gasteiger partial charge in [0.15, 0.2) is 0 Å². The molecule has 0 aromatic carbocycles. The monoisotopic (exact) mass is 180 g/mol. The van der Waals surface area contributed by atoms with Gasteiger partial charge in [-0.25, -0.2) is 0 Å². The van der Waals surface area contributed by atoms with Crippen LogP contribution in [0, 0.1) is 10.8 Å². The standard InChI is InChI=1S/C11H16O2/c12-8-10-4-1-2-5-11(10,9-13)7-3-6-10/h1-2,4-5,12-13H,3,6-9H2. The van der Waals surface area contributed by atoms with Crippen molar-refractivity contribution in [2.45, 2.75) is 19.3 Å². The zero-order valence-corrected chi connectivity index (χ0v) is 7.74. The molecule has 2 atom stereocenters. The van der Waals surface area contributed by atoms with Gasteiger partial charge in [-0.3, -0.25) is 0 Å². The molecule has 13 heavy (non-hydrogen) atoms. The molecule has 72 valence electrons. The molecule has 2 unspecified atom stereocenters. The number of aliphatic hydroxyl groups excluding tert-OH is 2. The maximum absolute atomic E-state index is 9.45. The van der Waals surface area contributed by atoms with Crippen LogP contribution in [0.4, 0.5) is 0 Å². The second-order valence-corrected chi connectivity index (χ2v) is 4.20. The van der Waals surface area contributed by atoms with Gasteiger partial charge in [0.25, 0.3) is 0 Å². The Labute approximate surface area is 78.6 Å². The highest BCUT2D eigenvalue weighted by molar-refractivity contribution is 5.28. The SMILES string of the molecule is OCC12C=CC=CC1(CO)CCC2. The van der Waals surface area contributed by atoms with Gasteiger partial charge < -0.3 is 10.2 Å². The van der Waals surface area contributed by atoms with E-state index in [1.54, 1.807) is 0 Å². The minimum Gasteiger partial charge on any atom is -0.395 e. The van der Waals surface area contributed by atoms with E-state index >= 15 is 0 Å². The van der Waals surface area contributed by atoms with Gasteiger partial charge in [-0.15, -0.1) is 0 Å². The van der Waals surface area contributed by atoms with Crippen molar-refractivity contribution in [3.8, 4) is 0 Å². The summed E-state index contributed by atoms with van der Waals surface area (Å²) < 4.78 is 0. The Morgan fingerprint density at radius 2 is 1.38 bits per heavy atom. The van der Waals surface area contributed by atoms with Gasteiger partial charge in [0, 0.05) is 10.8 Å². The average Bonchev–Trinajstić information content (AvgIpc) is 2.58. The fourth-order valence-corrected chi connectivity index (χ4v) is 2.77. The van der Waals surface area contributed by atoms with Crippen molar-refractivity contribution < 1.29 is 10.2 Å². The number of hydrogen-bond acceptors (Lipinski definition) is 2. The summed E-state index contributed by atoms with van der Waals surface area (Å²) in [6, 6.07) is 0. The number of rotatable bonds is 2. The van der Waals surface area contributed by atoms with Crippen LogP contribution in [0.5, 0.6) is 0 Å². The fourth-order valence-electron chi connectivity index (χ4n) is 2.77. The lowest BCUT2D eigenvalue weighted by molar-refractivity contribution is 0.0352. The van der Waals surface area contributed by atoms with E-state index in [1.807, 2.05) is 12.2 Å². The van der Waals surface area contributed by atoms with Gasteiger partial charge in [-0.2, -0.15) is 0 Å². The Balaban J connectivity index is 2.41. The van der Waals surface area contributed by atoms with Crippen molar-refractivity contribution in [3.05, 3.63) is 24.3 Å². The summed E-state index contributed by atoms with van der Waals surface area (Å²) in [5.74, 6) is 0. The Morgan fingerprint density at radius 1 is 0.923 bits per heavy atom. The van der Waals surface area contributed by atoms with Crippen LogP contribution in [0.25, 0.3) is 0 Å². The smallest absolute Gasteiger partial charge is 0.0531 e. The van der Waals surface area contributed by atoms with E-state index in [9.17, 15) is 10.2 Å². The lowest BCUT2D eigenvalue weighted by atomic mass is 9.64. The summed E-state index contributed by atoms with van der Waals surface area (Å²) in [4.78, 5) is 0. The molecular formula is C11H16O2. The van der Waals surface area contributed by atoms with Crippen LogP contribution in [0.2, 0.25) is 0 Å². The molecule has 1 fully saturated rings. The first kappa shape index (κ1) is 8.97. The molecule has 2 nitrogen and oxygen atoms in total. The molecule has 2 N–H and O–H groups in total. The van der Waals surface area contributed by atoms with Crippen LogP contribution in [0.3, 0.4) is 0 Å². The van der Waals surface area contributed by atoms with E-state index in [4.69, 9.17) is 0 Å². The Hall–Kier alpha value is -0.600. The number of allylic oxidation sites excluding steroid dienone is 2. The Morgan fingerprint density at radius 3 is 1.77 bits per heavy atom. The highest BCUT2D eigenvalue weighted by Crippen LogP contribution is 2.55. The zero-order chi connectivity index (χ0) is 9.36. The first-order chi connectivity index (χ1) is 6.29. The normalized spacial score (nSPS) is 42.3. The molecule has 0 bridgehead atoms. The zero-order valence-electron chi connectivity index (χ0n) is 7.74. The van der Waals surface area contributed by atoms with Crippen LogP contribution in [-0.2, 0) is 0 Å². The van der Waals surface area contributed by atoms with Crippen LogP contribution >= 0.6 is 0 Å². The van der Waals surface area contributed by atoms with E-state index in [0.717, 1.165) is 19.3 Å². The Bertz CT molecular complexity index is 231. The van der Waals surface area contributed by atoms with Crippen LogP contribution in [0.15, 0.2) is 24.3 Å². The molecule has 1 saturated carbocycles. The molecule has 0 aromatic heterocycles. The van der Waals surface area contributed by atoms with Gasteiger partial charge in [-0.1, -0.05) is 30.7 Å². The lowest BCUT2D eigenvalue weighted by Crippen LogP contribution is -2.41. The fraction of sp³-hybridized carbons (Fsp3) is 0.636. The summed E-state index contributed by atoms with van der Waals surface area (Å²) in [5, 5.41) is 18.9. The van der Waals surface area contributed by atoms with Gasteiger partial charge in [0.2, 0.25) is 0 Å². The van der Waals surface area contributed by atoms with E-state index in [0.29, 0.717) is 0 Å². The molecule has 0 aliphatic heterocycles. The maximum Gasteiger partial charge on any atom is 0.0531 e. The second-order valence-electron chi connectivity index (χ2n) is 4.20. The van der Waals surface area contributed by atoms with Gasteiger partial charge in [-0.05, 0) is 12.8 Å². The number of hydrogen-bond donors (Lipinski definition) is 2. The quantitative estimate of drug-likeness (QED) is 0.671. The lowest BCUT2D eigenvalue weighted by Gasteiger charge is -2.41. The van der Waals surface area contributed by atoms with Crippen molar-refractivity contribution in [2.24, 2.45) is 10.8 Å². The van der Waals surface area contributed by atoms with Crippen LogP contribution < -0.4 is 0 Å². The van der Waals surface area contributed by atoms with Gasteiger partial charge in [0.1, 0.15) is 0 Å². The molecule has 0 amide bonds. The molecule has 2 aliphatic carbocycles. The van der Waals surface area contributed by atoms with Gasteiger partial charge >= 0.3 is 0 Å². The van der Waals surface area contributed by atoms with Crippen molar-refractivity contribution in [3.63, 3.8) is 0 Å². The second kappa shape index (κ2) is 2.96. The predicted molar refractivity (Wildman–Crippen MR) is 51.2 cm³/mol. The minimum absolute atomic E-state index is 0.147. The van der Waals surface area contributed by atoms with Crippen LogP contribution in [0.1, 0.15) is 19.3 Å². The van der Waals surface area contributed by atoms with E-state index in [2.05, 4.69) is 12.2 Å². The van der Waals surface area contributed by atoms with Crippen molar-refractivity contribution >= 4 is 0 Å². The summed E-state index contributed by atoms with van der Waals surface area (Å²) in [5.41, 5.74) is -0.368. The minimum atomic E-state index is -0.184. The third kappa shape index (κ3) is 1.02. The molecule has 0 spiro atoms. The summed E-state index contributed by atoms with van der Waals surface area (Å²) in [7, 11) is 0. The molecule has 2 rings (SSSR count). The third-order valence-electron chi connectivity index (χ3n) is 3.74.